The number of rotatable bonds is 3. The Bertz CT molecular complexity index is 533. The molecule has 0 saturated carbocycles. The topological polar surface area (TPSA) is 63.0 Å². The van der Waals surface area contributed by atoms with E-state index in [4.69, 9.17) is 5.84 Å². The lowest BCUT2D eigenvalue weighted by Crippen LogP contribution is -2.09. The molecule has 2 aromatic rings. The van der Waals surface area contributed by atoms with Gasteiger partial charge in [0.2, 0.25) is 0 Å². The van der Waals surface area contributed by atoms with Crippen molar-refractivity contribution in [3.63, 3.8) is 0 Å². The van der Waals surface area contributed by atoms with E-state index in [-0.39, 0.29) is 5.82 Å². The fourth-order valence-electron chi connectivity index (χ4n) is 1.32. The van der Waals surface area contributed by atoms with E-state index in [1.54, 1.807) is 24.3 Å². The van der Waals surface area contributed by atoms with Crippen LogP contribution in [-0.2, 0) is 0 Å². The van der Waals surface area contributed by atoms with E-state index in [1.165, 1.54) is 12.1 Å². The molecule has 4 N–H and O–H groups in total. The molecule has 0 unspecified atom stereocenters. The Morgan fingerprint density at radius 2 is 1.94 bits per heavy atom. The number of nitrogens with two attached hydrogens (primary N) is 1. The van der Waals surface area contributed by atoms with Crippen LogP contribution in [-0.4, -0.2) is 4.98 Å². The second-order valence-electron chi connectivity index (χ2n) is 3.30. The lowest BCUT2D eigenvalue weighted by atomic mass is 10.3. The zero-order valence-corrected chi connectivity index (χ0v) is 10.3. The van der Waals surface area contributed by atoms with Crippen LogP contribution in [0.1, 0.15) is 0 Å². The van der Waals surface area contributed by atoms with E-state index >= 15 is 0 Å². The maximum Gasteiger partial charge on any atom is 0.142 e. The molecule has 0 aliphatic heterocycles. The minimum absolute atomic E-state index is 0.316. The molecule has 6 heteroatoms. The highest BCUT2D eigenvalue weighted by atomic mass is 79.9. The minimum atomic E-state index is -0.316. The average molecular weight is 297 g/mol. The molecule has 0 aliphatic carbocycles. The van der Waals surface area contributed by atoms with E-state index in [2.05, 4.69) is 31.7 Å². The summed E-state index contributed by atoms with van der Waals surface area (Å²) in [6.07, 6.45) is 0. The average Bonchev–Trinajstić information content (AvgIpc) is 2.34. The Labute approximate surface area is 106 Å². The third-order valence-corrected chi connectivity index (χ3v) is 2.78. The van der Waals surface area contributed by atoms with E-state index in [9.17, 15) is 4.39 Å². The number of halogens is 2. The summed E-state index contributed by atoms with van der Waals surface area (Å²) in [4.78, 5) is 4.17. The van der Waals surface area contributed by atoms with Crippen LogP contribution >= 0.6 is 15.9 Å². The Kier molecular flexibility index (Phi) is 3.55. The molecule has 0 amide bonds. The van der Waals surface area contributed by atoms with Gasteiger partial charge in [0.05, 0.1) is 5.69 Å². The number of hydrogen-bond donors (Lipinski definition) is 3. The molecule has 0 spiro atoms. The molecule has 4 nitrogen and oxygen atoms in total. The molecule has 0 atom stereocenters. The number of pyridine rings is 1. The second kappa shape index (κ2) is 5.11. The van der Waals surface area contributed by atoms with Gasteiger partial charge in [-0.1, -0.05) is 6.07 Å². The van der Waals surface area contributed by atoms with Crippen molar-refractivity contribution in [2.24, 2.45) is 5.84 Å². The van der Waals surface area contributed by atoms with Crippen LogP contribution in [0, 0.1) is 5.82 Å². The summed E-state index contributed by atoms with van der Waals surface area (Å²) < 4.78 is 13.8. The SMILES string of the molecule is NNc1cccc(Nc2cc(F)ccc2Br)n1. The molecule has 1 heterocycles. The highest BCUT2D eigenvalue weighted by molar-refractivity contribution is 9.10. The molecule has 0 radical (unpaired) electrons. The van der Waals surface area contributed by atoms with Gasteiger partial charge in [0.15, 0.2) is 0 Å². The second-order valence-corrected chi connectivity index (χ2v) is 4.16. The number of hydrogen-bond acceptors (Lipinski definition) is 4. The maximum absolute atomic E-state index is 13.1. The van der Waals surface area contributed by atoms with Gasteiger partial charge < -0.3 is 10.7 Å². The van der Waals surface area contributed by atoms with Gasteiger partial charge in [-0.2, -0.15) is 0 Å². The molecule has 2 rings (SSSR count). The van der Waals surface area contributed by atoms with Crippen molar-refractivity contribution >= 4 is 33.3 Å². The summed E-state index contributed by atoms with van der Waals surface area (Å²) >= 11 is 3.33. The first-order chi connectivity index (χ1) is 8.19. The molecule has 0 fully saturated rings. The summed E-state index contributed by atoms with van der Waals surface area (Å²) in [7, 11) is 0. The number of nitrogens with one attached hydrogen (secondary N) is 2. The van der Waals surface area contributed by atoms with Gasteiger partial charge in [-0.3, -0.25) is 0 Å². The van der Waals surface area contributed by atoms with E-state index in [0.717, 1.165) is 4.47 Å². The van der Waals surface area contributed by atoms with Gasteiger partial charge in [-0.05, 0) is 46.3 Å². The standard InChI is InChI=1S/C11H10BrFN4/c12-8-5-4-7(13)6-9(8)15-10-2-1-3-11(16-10)17-14/h1-6H,14H2,(H2,15,16,17). The lowest BCUT2D eigenvalue weighted by molar-refractivity contribution is 0.628. The maximum atomic E-state index is 13.1. The van der Waals surface area contributed by atoms with Gasteiger partial charge in [-0.25, -0.2) is 15.2 Å². The van der Waals surface area contributed by atoms with Crippen molar-refractivity contribution in [2.75, 3.05) is 10.7 Å². The predicted octanol–water partition coefficient (Wildman–Crippen LogP) is 3.01. The van der Waals surface area contributed by atoms with E-state index < -0.39 is 0 Å². The molecular weight excluding hydrogens is 287 g/mol. The zero-order valence-electron chi connectivity index (χ0n) is 8.74. The van der Waals surface area contributed by atoms with Crippen molar-refractivity contribution in [3.05, 3.63) is 46.7 Å². The Morgan fingerprint density at radius 1 is 1.18 bits per heavy atom. The number of aromatic nitrogens is 1. The molecular formula is C11H10BrFN4. The molecule has 0 aliphatic rings. The van der Waals surface area contributed by atoms with Crippen LogP contribution in [0.3, 0.4) is 0 Å². The first-order valence-electron chi connectivity index (χ1n) is 4.85. The quantitative estimate of drug-likeness (QED) is 0.602. The van der Waals surface area contributed by atoms with Gasteiger partial charge in [0.25, 0.3) is 0 Å². The monoisotopic (exact) mass is 296 g/mol. The first kappa shape index (κ1) is 11.8. The smallest absolute Gasteiger partial charge is 0.142 e. The number of nitrogen functional groups attached to an aromatic ring is 1. The van der Waals surface area contributed by atoms with Crippen molar-refractivity contribution in [1.29, 1.82) is 0 Å². The predicted molar refractivity (Wildman–Crippen MR) is 69.4 cm³/mol. The van der Waals surface area contributed by atoms with Crippen LogP contribution in [0.5, 0.6) is 0 Å². The largest absolute Gasteiger partial charge is 0.339 e. The van der Waals surface area contributed by atoms with Crippen molar-refractivity contribution in [2.45, 2.75) is 0 Å². The molecule has 0 bridgehead atoms. The van der Waals surface area contributed by atoms with Crippen LogP contribution in [0.2, 0.25) is 0 Å². The molecule has 0 saturated heterocycles. The number of benzene rings is 1. The van der Waals surface area contributed by atoms with Gasteiger partial charge >= 0.3 is 0 Å². The van der Waals surface area contributed by atoms with Crippen LogP contribution in [0.4, 0.5) is 21.7 Å². The fourth-order valence-corrected chi connectivity index (χ4v) is 1.66. The van der Waals surface area contributed by atoms with Gasteiger partial charge in [-0.15, -0.1) is 0 Å². The van der Waals surface area contributed by atoms with Crippen LogP contribution in [0.25, 0.3) is 0 Å². The fraction of sp³-hybridized carbons (Fsp3) is 0. The van der Waals surface area contributed by atoms with Gasteiger partial charge in [0.1, 0.15) is 17.5 Å². The lowest BCUT2D eigenvalue weighted by Gasteiger charge is -2.09. The van der Waals surface area contributed by atoms with E-state index in [1.807, 2.05) is 0 Å². The molecule has 17 heavy (non-hydrogen) atoms. The van der Waals surface area contributed by atoms with E-state index in [0.29, 0.717) is 17.3 Å². The molecule has 88 valence electrons. The Balaban J connectivity index is 2.27. The third kappa shape index (κ3) is 2.92. The minimum Gasteiger partial charge on any atom is -0.339 e. The van der Waals surface area contributed by atoms with Gasteiger partial charge in [0, 0.05) is 4.47 Å². The molecule has 1 aromatic heterocycles. The van der Waals surface area contributed by atoms with Crippen LogP contribution < -0.4 is 16.6 Å². The van der Waals surface area contributed by atoms with Crippen molar-refractivity contribution in [3.8, 4) is 0 Å². The summed E-state index contributed by atoms with van der Waals surface area (Å²) in [5, 5.41) is 2.99. The first-order valence-corrected chi connectivity index (χ1v) is 5.64. The Hall–Kier alpha value is -1.66. The third-order valence-electron chi connectivity index (χ3n) is 2.09. The summed E-state index contributed by atoms with van der Waals surface area (Å²) in [6.45, 7) is 0. The summed E-state index contributed by atoms with van der Waals surface area (Å²) in [5.41, 5.74) is 3.05. The number of anilines is 3. The Morgan fingerprint density at radius 3 is 2.71 bits per heavy atom. The zero-order chi connectivity index (χ0) is 12.3. The highest BCUT2D eigenvalue weighted by Gasteiger charge is 2.03. The van der Waals surface area contributed by atoms with Crippen molar-refractivity contribution < 1.29 is 4.39 Å². The number of hydrazine groups is 1. The van der Waals surface area contributed by atoms with Crippen molar-refractivity contribution in [1.82, 2.24) is 4.98 Å². The normalized spacial score (nSPS) is 10.1. The molecule has 1 aromatic carbocycles. The van der Waals surface area contributed by atoms with Crippen LogP contribution in [0.15, 0.2) is 40.9 Å². The summed E-state index contributed by atoms with van der Waals surface area (Å²) in [6, 6.07) is 9.67. The number of nitrogens with zero attached hydrogens (tertiary/aromatic N) is 1. The highest BCUT2D eigenvalue weighted by Crippen LogP contribution is 2.26. The summed E-state index contributed by atoms with van der Waals surface area (Å²) in [5.74, 6) is 6.05.